The molecule has 1 aromatic rings. The first kappa shape index (κ1) is 8.44. The molecule has 1 heterocycles. The van der Waals surface area contributed by atoms with E-state index < -0.39 is 0 Å². The number of methoxy groups -OCH3 is 1. The normalized spacial score (nSPS) is 18.3. The smallest absolute Gasteiger partial charge is 0.216 e. The van der Waals surface area contributed by atoms with Gasteiger partial charge in [-0.3, -0.25) is 0 Å². The minimum atomic E-state index is 0.0501. The molecule has 1 aliphatic rings. The van der Waals surface area contributed by atoms with Crippen LogP contribution >= 0.6 is 0 Å². The fourth-order valence-electron chi connectivity index (χ4n) is 1.38. The van der Waals surface area contributed by atoms with Gasteiger partial charge in [-0.05, 0) is 12.8 Å². The van der Waals surface area contributed by atoms with E-state index in [9.17, 15) is 0 Å². The molecule has 4 nitrogen and oxygen atoms in total. The number of hydrogen-bond acceptors (Lipinski definition) is 4. The second kappa shape index (κ2) is 2.96. The van der Waals surface area contributed by atoms with E-state index in [4.69, 9.17) is 10.5 Å². The van der Waals surface area contributed by atoms with Gasteiger partial charge in [-0.2, -0.15) is 4.98 Å². The number of nitrogens with zero attached hydrogens (tertiary/aromatic N) is 2. The highest BCUT2D eigenvalue weighted by Gasteiger charge is 2.45. The number of ether oxygens (including phenoxy) is 1. The van der Waals surface area contributed by atoms with Crippen LogP contribution in [-0.2, 0) is 5.41 Å². The average molecular weight is 179 g/mol. The summed E-state index contributed by atoms with van der Waals surface area (Å²) in [6.07, 6.45) is 3.91. The predicted octanol–water partition coefficient (Wildman–Crippen LogP) is 0.475. The van der Waals surface area contributed by atoms with Crippen molar-refractivity contribution in [2.75, 3.05) is 13.7 Å². The Hall–Kier alpha value is -1.16. The highest BCUT2D eigenvalue weighted by atomic mass is 16.5. The summed E-state index contributed by atoms with van der Waals surface area (Å²) in [6, 6.07) is 1.75. The van der Waals surface area contributed by atoms with Crippen molar-refractivity contribution in [2.45, 2.75) is 18.3 Å². The topological polar surface area (TPSA) is 61.0 Å². The Labute approximate surface area is 77.1 Å². The largest absolute Gasteiger partial charge is 0.481 e. The third kappa shape index (κ3) is 1.37. The van der Waals surface area contributed by atoms with E-state index >= 15 is 0 Å². The molecule has 0 aromatic carbocycles. The number of aromatic nitrogens is 2. The molecule has 2 rings (SSSR count). The molecule has 0 spiro atoms. The van der Waals surface area contributed by atoms with Crippen molar-refractivity contribution in [3.05, 3.63) is 18.1 Å². The summed E-state index contributed by atoms with van der Waals surface area (Å²) in [5.74, 6) is 1.44. The second-order valence-corrected chi connectivity index (χ2v) is 3.41. The third-order valence-corrected chi connectivity index (χ3v) is 2.56. The van der Waals surface area contributed by atoms with Gasteiger partial charge in [0.25, 0.3) is 0 Å². The van der Waals surface area contributed by atoms with Crippen LogP contribution in [0.25, 0.3) is 0 Å². The van der Waals surface area contributed by atoms with Crippen molar-refractivity contribution in [1.29, 1.82) is 0 Å². The van der Waals surface area contributed by atoms with Crippen LogP contribution in [-0.4, -0.2) is 23.6 Å². The predicted molar refractivity (Wildman–Crippen MR) is 48.6 cm³/mol. The Kier molecular flexibility index (Phi) is 1.92. The van der Waals surface area contributed by atoms with Crippen molar-refractivity contribution in [1.82, 2.24) is 9.97 Å². The molecule has 13 heavy (non-hydrogen) atoms. The maximum atomic E-state index is 5.67. The summed E-state index contributed by atoms with van der Waals surface area (Å²) in [5.41, 5.74) is 5.72. The third-order valence-electron chi connectivity index (χ3n) is 2.56. The lowest BCUT2D eigenvalue weighted by molar-refractivity contribution is 0.392. The fourth-order valence-corrected chi connectivity index (χ4v) is 1.38. The quantitative estimate of drug-likeness (QED) is 0.733. The van der Waals surface area contributed by atoms with Crippen LogP contribution in [0.5, 0.6) is 5.88 Å². The molecule has 0 radical (unpaired) electrons. The molecule has 4 heteroatoms. The summed E-state index contributed by atoms with van der Waals surface area (Å²) in [4.78, 5) is 8.50. The van der Waals surface area contributed by atoms with Gasteiger partial charge in [0.2, 0.25) is 5.88 Å². The van der Waals surface area contributed by atoms with E-state index in [0.29, 0.717) is 12.4 Å². The van der Waals surface area contributed by atoms with E-state index in [0.717, 1.165) is 18.7 Å². The van der Waals surface area contributed by atoms with Crippen LogP contribution in [0, 0.1) is 0 Å². The Morgan fingerprint density at radius 3 is 2.92 bits per heavy atom. The summed E-state index contributed by atoms with van der Waals surface area (Å²) in [6.45, 7) is 0.625. The molecule has 1 aliphatic carbocycles. The molecule has 1 saturated carbocycles. The summed E-state index contributed by atoms with van der Waals surface area (Å²) in [7, 11) is 1.61. The molecule has 2 N–H and O–H groups in total. The van der Waals surface area contributed by atoms with E-state index in [1.807, 2.05) is 0 Å². The zero-order valence-electron chi connectivity index (χ0n) is 7.66. The van der Waals surface area contributed by atoms with Gasteiger partial charge in [0.05, 0.1) is 7.11 Å². The van der Waals surface area contributed by atoms with Crippen LogP contribution in [0.1, 0.15) is 18.7 Å². The van der Waals surface area contributed by atoms with Crippen LogP contribution in [0.2, 0.25) is 0 Å². The molecular weight excluding hydrogens is 166 g/mol. The molecule has 0 aliphatic heterocycles. The van der Waals surface area contributed by atoms with Crippen LogP contribution < -0.4 is 10.5 Å². The van der Waals surface area contributed by atoms with E-state index in [-0.39, 0.29) is 5.41 Å². The van der Waals surface area contributed by atoms with Gasteiger partial charge in [0, 0.05) is 24.2 Å². The van der Waals surface area contributed by atoms with Crippen LogP contribution in [0.3, 0.4) is 0 Å². The summed E-state index contributed by atoms with van der Waals surface area (Å²) < 4.78 is 5.03. The first-order chi connectivity index (χ1) is 6.30. The van der Waals surface area contributed by atoms with Gasteiger partial charge in [-0.25, -0.2) is 4.98 Å². The van der Waals surface area contributed by atoms with Crippen molar-refractivity contribution in [2.24, 2.45) is 5.73 Å². The minimum Gasteiger partial charge on any atom is -0.481 e. The molecule has 70 valence electrons. The Morgan fingerprint density at radius 2 is 2.38 bits per heavy atom. The van der Waals surface area contributed by atoms with E-state index in [1.165, 1.54) is 0 Å². The zero-order chi connectivity index (χ0) is 9.31. The summed E-state index contributed by atoms with van der Waals surface area (Å²) >= 11 is 0. The number of hydrogen-bond donors (Lipinski definition) is 1. The van der Waals surface area contributed by atoms with Crippen LogP contribution in [0.4, 0.5) is 0 Å². The molecule has 0 amide bonds. The molecule has 0 atom stereocenters. The summed E-state index contributed by atoms with van der Waals surface area (Å²) in [5, 5.41) is 0. The number of rotatable bonds is 3. The highest BCUT2D eigenvalue weighted by Crippen LogP contribution is 2.45. The van der Waals surface area contributed by atoms with Crippen molar-refractivity contribution >= 4 is 0 Å². The first-order valence-corrected chi connectivity index (χ1v) is 4.38. The molecule has 1 aromatic heterocycles. The van der Waals surface area contributed by atoms with Gasteiger partial charge in [-0.15, -0.1) is 0 Å². The first-order valence-electron chi connectivity index (χ1n) is 4.38. The Balaban J connectivity index is 2.30. The molecule has 1 fully saturated rings. The van der Waals surface area contributed by atoms with Crippen molar-refractivity contribution < 1.29 is 4.74 Å². The highest BCUT2D eigenvalue weighted by molar-refractivity contribution is 5.21. The lowest BCUT2D eigenvalue weighted by Crippen LogP contribution is -2.22. The Morgan fingerprint density at radius 1 is 1.62 bits per heavy atom. The minimum absolute atomic E-state index is 0.0501. The lowest BCUT2D eigenvalue weighted by atomic mass is 10.1. The molecular formula is C9H13N3O. The number of nitrogens with two attached hydrogens (primary N) is 1. The maximum Gasteiger partial charge on any atom is 0.216 e. The van der Waals surface area contributed by atoms with Gasteiger partial charge < -0.3 is 10.5 Å². The standard InChI is InChI=1S/C9H13N3O/c1-13-7-2-5-11-8(12-7)9(6-10)3-4-9/h2,5H,3-4,6,10H2,1H3. The average Bonchev–Trinajstić information content (AvgIpc) is 2.99. The van der Waals surface area contributed by atoms with Gasteiger partial charge in [-0.1, -0.05) is 0 Å². The van der Waals surface area contributed by atoms with Crippen molar-refractivity contribution in [3.8, 4) is 5.88 Å². The molecule has 0 unspecified atom stereocenters. The van der Waals surface area contributed by atoms with E-state index in [1.54, 1.807) is 19.4 Å². The maximum absolute atomic E-state index is 5.67. The SMILES string of the molecule is COc1ccnc(C2(CN)CC2)n1. The lowest BCUT2D eigenvalue weighted by Gasteiger charge is -2.10. The van der Waals surface area contributed by atoms with Gasteiger partial charge >= 0.3 is 0 Å². The molecule has 0 saturated heterocycles. The monoisotopic (exact) mass is 179 g/mol. The molecule has 0 bridgehead atoms. The second-order valence-electron chi connectivity index (χ2n) is 3.41. The zero-order valence-corrected chi connectivity index (χ0v) is 7.66. The van der Waals surface area contributed by atoms with Gasteiger partial charge in [0.15, 0.2) is 0 Å². The fraction of sp³-hybridized carbons (Fsp3) is 0.556. The van der Waals surface area contributed by atoms with Crippen molar-refractivity contribution in [3.63, 3.8) is 0 Å². The van der Waals surface area contributed by atoms with Crippen LogP contribution in [0.15, 0.2) is 12.3 Å². The Bertz CT molecular complexity index is 309. The van der Waals surface area contributed by atoms with E-state index in [2.05, 4.69) is 9.97 Å². The van der Waals surface area contributed by atoms with Gasteiger partial charge in [0.1, 0.15) is 5.82 Å².